The van der Waals surface area contributed by atoms with Gasteiger partial charge < -0.3 is 5.32 Å². The summed E-state index contributed by atoms with van der Waals surface area (Å²) in [5.41, 5.74) is 2.75. The van der Waals surface area contributed by atoms with Crippen LogP contribution in [0.1, 0.15) is 17.5 Å². The largest absolute Gasteiger partial charge is 0.313 e. The summed E-state index contributed by atoms with van der Waals surface area (Å²) in [6, 6.07) is 14.7. The molecule has 4 rings (SSSR count). The summed E-state index contributed by atoms with van der Waals surface area (Å²) >= 11 is 0.887. The summed E-state index contributed by atoms with van der Waals surface area (Å²) < 4.78 is 53.6. The first-order valence-corrected chi connectivity index (χ1v) is 12.9. The monoisotopic (exact) mass is 448 g/mol. The lowest BCUT2D eigenvalue weighted by molar-refractivity contribution is 0.596. The molecule has 0 aliphatic carbocycles. The standard InChI is InChI=1S/C20H20N2O4S3/c23-28(24,18-6-2-1-3-7-18)19-12-20(27-14-19)29(25,26)22-17-9-8-15-5-4-10-21-13-16(15)11-17/h1-3,6-9,11-12,14,21-22H,4-5,10,13H2. The lowest BCUT2D eigenvalue weighted by atomic mass is 10.0. The predicted octanol–water partition coefficient (Wildman–Crippen LogP) is 3.42. The molecular weight excluding hydrogens is 428 g/mol. The average Bonchev–Trinajstić information content (AvgIpc) is 3.11. The van der Waals surface area contributed by atoms with E-state index in [1.807, 2.05) is 12.1 Å². The van der Waals surface area contributed by atoms with Crippen molar-refractivity contribution in [2.24, 2.45) is 0 Å². The van der Waals surface area contributed by atoms with E-state index in [1.54, 1.807) is 24.3 Å². The second-order valence-corrected chi connectivity index (χ2v) is 11.6. The van der Waals surface area contributed by atoms with Crippen LogP contribution in [-0.4, -0.2) is 23.4 Å². The Morgan fingerprint density at radius 3 is 2.48 bits per heavy atom. The fraction of sp³-hybridized carbons (Fsp3) is 0.200. The van der Waals surface area contributed by atoms with E-state index in [0.717, 1.165) is 36.3 Å². The Labute approximate surface area is 174 Å². The minimum atomic E-state index is -3.89. The smallest absolute Gasteiger partial charge is 0.271 e. The van der Waals surface area contributed by atoms with E-state index in [9.17, 15) is 16.8 Å². The lowest BCUT2D eigenvalue weighted by Crippen LogP contribution is -2.14. The molecule has 0 unspecified atom stereocenters. The molecule has 9 heteroatoms. The van der Waals surface area contributed by atoms with Crippen LogP contribution in [0.2, 0.25) is 0 Å². The second-order valence-electron chi connectivity index (χ2n) is 6.79. The Hall–Kier alpha value is -2.20. The summed E-state index contributed by atoms with van der Waals surface area (Å²) in [5.74, 6) is 0. The molecule has 0 saturated carbocycles. The molecule has 0 atom stereocenters. The fourth-order valence-electron chi connectivity index (χ4n) is 3.25. The average molecular weight is 449 g/mol. The van der Waals surface area contributed by atoms with Crippen LogP contribution in [0.4, 0.5) is 5.69 Å². The number of benzene rings is 2. The van der Waals surface area contributed by atoms with E-state index in [1.165, 1.54) is 29.1 Å². The molecule has 0 amide bonds. The number of rotatable bonds is 5. The number of hydrogen-bond acceptors (Lipinski definition) is 6. The highest BCUT2D eigenvalue weighted by molar-refractivity contribution is 7.95. The first-order chi connectivity index (χ1) is 13.9. The van der Waals surface area contributed by atoms with E-state index in [-0.39, 0.29) is 14.0 Å². The second kappa shape index (κ2) is 7.91. The third-order valence-corrected chi connectivity index (χ3v) is 9.47. The summed E-state index contributed by atoms with van der Waals surface area (Å²) in [7, 11) is -7.64. The van der Waals surface area contributed by atoms with Crippen LogP contribution in [0.5, 0.6) is 0 Å². The number of thiophene rings is 1. The van der Waals surface area contributed by atoms with Gasteiger partial charge in [-0.3, -0.25) is 4.72 Å². The first kappa shape index (κ1) is 20.1. The van der Waals surface area contributed by atoms with Gasteiger partial charge in [0.1, 0.15) is 4.21 Å². The molecule has 1 aromatic heterocycles. The van der Waals surface area contributed by atoms with E-state index < -0.39 is 19.9 Å². The van der Waals surface area contributed by atoms with Crippen LogP contribution in [-0.2, 0) is 32.8 Å². The molecule has 152 valence electrons. The Morgan fingerprint density at radius 1 is 0.897 bits per heavy atom. The molecule has 2 N–H and O–H groups in total. The zero-order valence-electron chi connectivity index (χ0n) is 15.5. The van der Waals surface area contributed by atoms with Gasteiger partial charge in [0.05, 0.1) is 9.79 Å². The highest BCUT2D eigenvalue weighted by Gasteiger charge is 2.24. The molecule has 0 saturated heterocycles. The van der Waals surface area contributed by atoms with Gasteiger partial charge in [0.2, 0.25) is 9.84 Å². The molecule has 29 heavy (non-hydrogen) atoms. The number of sulfone groups is 1. The van der Waals surface area contributed by atoms with Crippen LogP contribution in [0.15, 0.2) is 74.0 Å². The van der Waals surface area contributed by atoms with Crippen LogP contribution < -0.4 is 10.0 Å². The molecule has 1 aliphatic heterocycles. The molecular formula is C20H20N2O4S3. The number of nitrogens with one attached hydrogen (secondary N) is 2. The minimum absolute atomic E-state index is 0.0276. The number of anilines is 1. The van der Waals surface area contributed by atoms with Crippen molar-refractivity contribution < 1.29 is 16.8 Å². The molecule has 2 aromatic carbocycles. The van der Waals surface area contributed by atoms with Gasteiger partial charge in [-0.2, -0.15) is 0 Å². The summed E-state index contributed by atoms with van der Waals surface area (Å²) in [4.78, 5) is 0.105. The van der Waals surface area contributed by atoms with E-state index >= 15 is 0 Å². The highest BCUT2D eigenvalue weighted by Crippen LogP contribution is 2.30. The van der Waals surface area contributed by atoms with Crippen LogP contribution in [0.3, 0.4) is 0 Å². The highest BCUT2D eigenvalue weighted by atomic mass is 32.2. The minimum Gasteiger partial charge on any atom is -0.313 e. The number of aryl methyl sites for hydroxylation is 1. The number of fused-ring (bicyclic) bond motifs is 1. The first-order valence-electron chi connectivity index (χ1n) is 9.10. The molecule has 2 heterocycles. The molecule has 0 radical (unpaired) electrons. The van der Waals surface area contributed by atoms with Gasteiger partial charge >= 0.3 is 0 Å². The van der Waals surface area contributed by atoms with E-state index in [0.29, 0.717) is 12.2 Å². The summed E-state index contributed by atoms with van der Waals surface area (Å²) in [6.45, 7) is 1.63. The molecule has 6 nitrogen and oxygen atoms in total. The number of hydrogen-bond donors (Lipinski definition) is 2. The van der Waals surface area contributed by atoms with Crippen LogP contribution in [0, 0.1) is 0 Å². The van der Waals surface area contributed by atoms with Crippen molar-refractivity contribution in [1.29, 1.82) is 0 Å². The van der Waals surface area contributed by atoms with Crippen LogP contribution in [0.25, 0.3) is 0 Å². The Bertz CT molecular complexity index is 1230. The summed E-state index contributed by atoms with van der Waals surface area (Å²) in [6.07, 6.45) is 2.01. The van der Waals surface area contributed by atoms with E-state index in [2.05, 4.69) is 10.0 Å². The zero-order chi connectivity index (χ0) is 20.5. The maximum atomic E-state index is 12.8. The normalized spacial score (nSPS) is 14.8. The third kappa shape index (κ3) is 4.23. The lowest BCUT2D eigenvalue weighted by Gasteiger charge is -2.11. The number of sulfonamides is 1. The van der Waals surface area contributed by atoms with Crippen molar-refractivity contribution in [2.75, 3.05) is 11.3 Å². The quantitative estimate of drug-likeness (QED) is 0.624. The maximum absolute atomic E-state index is 12.8. The Kier molecular flexibility index (Phi) is 5.48. The predicted molar refractivity (Wildman–Crippen MR) is 113 cm³/mol. The van der Waals surface area contributed by atoms with Gasteiger partial charge in [0.25, 0.3) is 10.0 Å². The molecule has 0 fully saturated rings. The SMILES string of the molecule is O=S(=O)(Nc1ccc2c(c1)CNCCC2)c1cc(S(=O)(=O)c2ccccc2)cs1. The Morgan fingerprint density at radius 2 is 1.69 bits per heavy atom. The van der Waals surface area contributed by atoms with Crippen molar-refractivity contribution in [3.05, 3.63) is 71.1 Å². The van der Waals surface area contributed by atoms with Gasteiger partial charge in [0.15, 0.2) is 0 Å². The molecule has 0 spiro atoms. The molecule has 3 aromatic rings. The topological polar surface area (TPSA) is 92.3 Å². The van der Waals surface area contributed by atoms with Crippen LogP contribution >= 0.6 is 11.3 Å². The van der Waals surface area contributed by atoms with Gasteiger partial charge in [-0.1, -0.05) is 24.3 Å². The van der Waals surface area contributed by atoms with Crippen molar-refractivity contribution >= 4 is 36.9 Å². The summed E-state index contributed by atoms with van der Waals surface area (Å²) in [5, 5.41) is 4.68. The van der Waals surface area contributed by atoms with Gasteiger partial charge in [-0.15, -0.1) is 11.3 Å². The maximum Gasteiger partial charge on any atom is 0.271 e. The van der Waals surface area contributed by atoms with Gasteiger partial charge in [-0.05, 0) is 60.8 Å². The van der Waals surface area contributed by atoms with Crippen molar-refractivity contribution in [1.82, 2.24) is 5.32 Å². The van der Waals surface area contributed by atoms with Crippen molar-refractivity contribution in [2.45, 2.75) is 33.4 Å². The Balaban J connectivity index is 1.60. The molecule has 1 aliphatic rings. The zero-order valence-corrected chi connectivity index (χ0v) is 17.9. The van der Waals surface area contributed by atoms with Gasteiger partial charge in [-0.25, -0.2) is 16.8 Å². The van der Waals surface area contributed by atoms with Gasteiger partial charge in [0, 0.05) is 17.6 Å². The fourth-order valence-corrected chi connectivity index (χ4v) is 7.20. The van der Waals surface area contributed by atoms with Crippen molar-refractivity contribution in [3.63, 3.8) is 0 Å². The third-order valence-electron chi connectivity index (χ3n) is 4.75. The van der Waals surface area contributed by atoms with Crippen molar-refractivity contribution in [3.8, 4) is 0 Å². The molecule has 0 bridgehead atoms. The van der Waals surface area contributed by atoms with E-state index in [4.69, 9.17) is 0 Å².